The molecule has 0 saturated carbocycles. The molecule has 2 N–H and O–H groups in total. The lowest BCUT2D eigenvalue weighted by Gasteiger charge is -2.10. The molecule has 2 aromatic rings. The zero-order chi connectivity index (χ0) is 21.3. The summed E-state index contributed by atoms with van der Waals surface area (Å²) in [6.07, 6.45) is 6.48. The number of carbonyl (C=O) groups is 2. The molecule has 0 bridgehead atoms. The highest BCUT2D eigenvalue weighted by atomic mass is 19.1. The van der Waals surface area contributed by atoms with Crippen molar-refractivity contribution in [2.24, 2.45) is 4.99 Å². The Balaban J connectivity index is 1.69. The largest absolute Gasteiger partial charge is 0.462 e. The lowest BCUT2D eigenvalue weighted by molar-refractivity contribution is -0.139. The molecule has 9 heteroatoms. The van der Waals surface area contributed by atoms with Gasteiger partial charge in [0.2, 0.25) is 11.7 Å². The van der Waals surface area contributed by atoms with Gasteiger partial charge in [-0.25, -0.2) is 18.6 Å². The number of benzene rings is 1. The van der Waals surface area contributed by atoms with Gasteiger partial charge in [0.15, 0.2) is 11.3 Å². The average molecular weight is 413 g/mol. The fourth-order valence-electron chi connectivity index (χ4n) is 3.19. The SMILES string of the molecule is CCOC(=O)C1=C(Nc2ccc(F)cc2F)O/C(=C\c2c[nH]c3c2CCC=N3)C1=O. The van der Waals surface area contributed by atoms with Gasteiger partial charge < -0.3 is 19.8 Å². The molecular weight excluding hydrogens is 396 g/mol. The van der Waals surface area contributed by atoms with Crippen LogP contribution in [-0.4, -0.2) is 29.6 Å². The Morgan fingerprint density at radius 1 is 1.40 bits per heavy atom. The van der Waals surface area contributed by atoms with Gasteiger partial charge in [0.1, 0.15) is 17.5 Å². The summed E-state index contributed by atoms with van der Waals surface area (Å²) in [5.41, 5.74) is 1.07. The minimum absolute atomic E-state index is 0.0379. The highest BCUT2D eigenvalue weighted by Gasteiger charge is 2.37. The molecule has 2 aliphatic rings. The molecule has 0 saturated heterocycles. The van der Waals surface area contributed by atoms with Crippen LogP contribution in [0.1, 0.15) is 24.5 Å². The maximum atomic E-state index is 14.1. The number of anilines is 1. The zero-order valence-corrected chi connectivity index (χ0v) is 15.9. The second-order valence-electron chi connectivity index (χ2n) is 6.54. The van der Waals surface area contributed by atoms with Crippen LogP contribution in [0.15, 0.2) is 46.6 Å². The first-order chi connectivity index (χ1) is 14.5. The van der Waals surface area contributed by atoms with E-state index in [1.807, 2.05) is 0 Å². The highest BCUT2D eigenvalue weighted by molar-refractivity contribution is 6.26. The van der Waals surface area contributed by atoms with Gasteiger partial charge in [-0.2, -0.15) is 0 Å². The first-order valence-electron chi connectivity index (χ1n) is 9.28. The van der Waals surface area contributed by atoms with E-state index in [9.17, 15) is 18.4 Å². The number of hydrogen-bond acceptors (Lipinski definition) is 6. The van der Waals surface area contributed by atoms with E-state index >= 15 is 0 Å². The standard InChI is InChI=1S/C21H17F2N3O4/c1-2-29-21(28)17-18(27)16(8-11-10-25-19-13(11)4-3-7-24-19)30-20(17)26-15-6-5-12(22)9-14(15)23/h5-10,25-26H,2-4H2,1H3/b16-8-. The van der Waals surface area contributed by atoms with Gasteiger partial charge in [-0.05, 0) is 38.0 Å². The van der Waals surface area contributed by atoms with E-state index in [-0.39, 0.29) is 23.9 Å². The van der Waals surface area contributed by atoms with Crippen LogP contribution in [0.5, 0.6) is 0 Å². The molecule has 0 spiro atoms. The lowest BCUT2D eigenvalue weighted by Crippen LogP contribution is -2.16. The number of ether oxygens (including phenoxy) is 2. The molecule has 2 aliphatic heterocycles. The van der Waals surface area contributed by atoms with Gasteiger partial charge in [0.25, 0.3) is 0 Å². The lowest BCUT2D eigenvalue weighted by atomic mass is 10.0. The molecule has 7 nitrogen and oxygen atoms in total. The number of Topliss-reactive ketones (excluding diaryl/α,β-unsaturated/α-hetero) is 1. The fraction of sp³-hybridized carbons (Fsp3) is 0.190. The Hall–Kier alpha value is -3.75. The number of aliphatic imine (C=N–C) groups is 1. The van der Waals surface area contributed by atoms with Crippen molar-refractivity contribution < 1.29 is 27.8 Å². The van der Waals surface area contributed by atoms with Crippen LogP contribution >= 0.6 is 0 Å². The number of hydrogen-bond donors (Lipinski definition) is 2. The summed E-state index contributed by atoms with van der Waals surface area (Å²) in [5.74, 6) is -2.98. The molecule has 154 valence electrons. The second kappa shape index (κ2) is 7.94. The third-order valence-electron chi connectivity index (χ3n) is 4.58. The van der Waals surface area contributed by atoms with Crippen molar-refractivity contribution in [2.75, 3.05) is 11.9 Å². The van der Waals surface area contributed by atoms with Gasteiger partial charge in [-0.15, -0.1) is 0 Å². The van der Waals surface area contributed by atoms with Gasteiger partial charge in [-0.3, -0.25) is 4.79 Å². The van der Waals surface area contributed by atoms with E-state index in [0.717, 1.165) is 30.5 Å². The number of aromatic amines is 1. The summed E-state index contributed by atoms with van der Waals surface area (Å²) in [4.78, 5) is 32.5. The van der Waals surface area contributed by atoms with Crippen LogP contribution in [0.25, 0.3) is 6.08 Å². The quantitative estimate of drug-likeness (QED) is 0.442. The van der Waals surface area contributed by atoms with Crippen LogP contribution in [0.2, 0.25) is 0 Å². The van der Waals surface area contributed by atoms with E-state index in [0.29, 0.717) is 17.4 Å². The fourth-order valence-corrected chi connectivity index (χ4v) is 3.19. The predicted octanol–water partition coefficient (Wildman–Crippen LogP) is 3.77. The molecule has 0 unspecified atom stereocenters. The molecular formula is C21H17F2N3O4. The van der Waals surface area contributed by atoms with Crippen LogP contribution in [0.4, 0.5) is 20.3 Å². The maximum Gasteiger partial charge on any atom is 0.347 e. The number of rotatable bonds is 5. The van der Waals surface area contributed by atoms with Gasteiger partial charge in [-0.1, -0.05) is 0 Å². The average Bonchev–Trinajstić information content (AvgIpc) is 3.26. The predicted molar refractivity (Wildman–Crippen MR) is 105 cm³/mol. The van der Waals surface area contributed by atoms with Gasteiger partial charge >= 0.3 is 5.97 Å². The van der Waals surface area contributed by atoms with Gasteiger partial charge in [0, 0.05) is 29.6 Å². The summed E-state index contributed by atoms with van der Waals surface area (Å²) in [5, 5.41) is 2.55. The molecule has 1 aromatic heterocycles. The van der Waals surface area contributed by atoms with Crippen LogP contribution in [0.3, 0.4) is 0 Å². The number of H-pyrrole nitrogens is 1. The van der Waals surface area contributed by atoms with E-state index in [4.69, 9.17) is 9.47 Å². The molecule has 0 atom stereocenters. The summed E-state index contributed by atoms with van der Waals surface area (Å²) in [6.45, 7) is 1.63. The summed E-state index contributed by atoms with van der Waals surface area (Å²) >= 11 is 0. The van der Waals surface area contributed by atoms with Crippen molar-refractivity contribution >= 4 is 35.5 Å². The van der Waals surface area contributed by atoms with Crippen LogP contribution < -0.4 is 5.32 Å². The molecule has 3 heterocycles. The number of allylic oxidation sites excluding steroid dienone is 1. The van der Waals surface area contributed by atoms with Crippen molar-refractivity contribution in [3.8, 4) is 0 Å². The number of fused-ring (bicyclic) bond motifs is 1. The molecule has 1 aromatic carbocycles. The normalized spacial score (nSPS) is 16.6. The Labute approximate surface area is 170 Å². The number of esters is 1. The monoisotopic (exact) mass is 413 g/mol. The van der Waals surface area contributed by atoms with E-state index < -0.39 is 29.0 Å². The maximum absolute atomic E-state index is 14.1. The molecule has 0 radical (unpaired) electrons. The minimum Gasteiger partial charge on any atom is -0.462 e. The topological polar surface area (TPSA) is 92.8 Å². The highest BCUT2D eigenvalue weighted by Crippen LogP contribution is 2.33. The number of nitrogens with one attached hydrogen (secondary N) is 2. The van der Waals surface area contributed by atoms with E-state index in [1.165, 1.54) is 6.08 Å². The smallest absolute Gasteiger partial charge is 0.347 e. The van der Waals surface area contributed by atoms with Crippen molar-refractivity contribution in [2.45, 2.75) is 19.8 Å². The zero-order valence-electron chi connectivity index (χ0n) is 15.9. The molecule has 4 rings (SSSR count). The van der Waals surface area contributed by atoms with Crippen molar-refractivity contribution in [1.29, 1.82) is 0 Å². The first kappa shape index (κ1) is 19.6. The third-order valence-corrected chi connectivity index (χ3v) is 4.58. The third kappa shape index (κ3) is 3.61. The summed E-state index contributed by atoms with van der Waals surface area (Å²) in [7, 11) is 0. The number of halogens is 2. The molecule has 0 fully saturated rings. The van der Waals surface area contributed by atoms with E-state index in [2.05, 4.69) is 15.3 Å². The Morgan fingerprint density at radius 3 is 3.00 bits per heavy atom. The Morgan fingerprint density at radius 2 is 2.23 bits per heavy atom. The Bertz CT molecular complexity index is 1130. The second-order valence-corrected chi connectivity index (χ2v) is 6.54. The molecule has 0 aliphatic carbocycles. The van der Waals surface area contributed by atoms with E-state index in [1.54, 1.807) is 19.3 Å². The van der Waals surface area contributed by atoms with Crippen LogP contribution in [-0.2, 0) is 25.5 Å². The Kier molecular flexibility index (Phi) is 5.18. The van der Waals surface area contributed by atoms with Crippen LogP contribution in [0, 0.1) is 11.6 Å². The molecule has 30 heavy (non-hydrogen) atoms. The number of ketones is 1. The molecule has 0 amide bonds. The number of carbonyl (C=O) groups excluding carboxylic acids is 2. The minimum atomic E-state index is -0.906. The van der Waals surface area contributed by atoms with Gasteiger partial charge in [0.05, 0.1) is 12.3 Å². The summed E-state index contributed by atoms with van der Waals surface area (Å²) in [6, 6.07) is 2.85. The van der Waals surface area contributed by atoms with Crippen molar-refractivity contribution in [3.63, 3.8) is 0 Å². The number of nitrogens with zero attached hydrogens (tertiary/aromatic N) is 1. The number of aromatic nitrogens is 1. The van der Waals surface area contributed by atoms with Crippen molar-refractivity contribution in [3.05, 3.63) is 64.4 Å². The summed E-state index contributed by atoms with van der Waals surface area (Å²) < 4.78 is 37.8. The van der Waals surface area contributed by atoms with Crippen molar-refractivity contribution in [1.82, 2.24) is 4.98 Å². The first-order valence-corrected chi connectivity index (χ1v) is 9.28.